The molecule has 3 heteroatoms. The zero-order valence-electron chi connectivity index (χ0n) is 15.1. The molecule has 3 nitrogen and oxygen atoms in total. The first-order chi connectivity index (χ1) is 12.2. The van der Waals surface area contributed by atoms with Crippen molar-refractivity contribution in [2.75, 3.05) is 13.1 Å². The van der Waals surface area contributed by atoms with E-state index in [0.717, 1.165) is 24.9 Å². The van der Waals surface area contributed by atoms with Gasteiger partial charge in [-0.1, -0.05) is 42.5 Å². The molecule has 0 bridgehead atoms. The van der Waals surface area contributed by atoms with Gasteiger partial charge in [-0.25, -0.2) is 0 Å². The quantitative estimate of drug-likeness (QED) is 0.828. The van der Waals surface area contributed by atoms with Gasteiger partial charge >= 0.3 is 0 Å². The molecule has 1 heterocycles. The average Bonchev–Trinajstić information content (AvgIpc) is 3.14. The molecule has 0 aliphatic carbocycles. The minimum absolute atomic E-state index is 0.0216. The molecule has 1 aliphatic rings. The van der Waals surface area contributed by atoms with Crippen molar-refractivity contribution < 1.29 is 4.79 Å². The second kappa shape index (κ2) is 8.82. The number of carbonyl (C=O) groups is 1. The van der Waals surface area contributed by atoms with Crippen LogP contribution >= 0.6 is 0 Å². The lowest BCUT2D eigenvalue weighted by atomic mass is 10.1. The summed E-state index contributed by atoms with van der Waals surface area (Å²) < 4.78 is 0. The van der Waals surface area contributed by atoms with Crippen LogP contribution in [0.1, 0.15) is 47.7 Å². The number of benzene rings is 2. The molecule has 3 rings (SSSR count). The summed E-state index contributed by atoms with van der Waals surface area (Å²) in [6.07, 6.45) is 4.54. The van der Waals surface area contributed by atoms with Crippen molar-refractivity contribution in [1.82, 2.24) is 10.2 Å². The Kier molecular flexibility index (Phi) is 6.24. The van der Waals surface area contributed by atoms with Crippen LogP contribution in [0.3, 0.4) is 0 Å². The monoisotopic (exact) mass is 336 g/mol. The van der Waals surface area contributed by atoms with Gasteiger partial charge < -0.3 is 5.32 Å². The molecule has 1 aliphatic heterocycles. The van der Waals surface area contributed by atoms with Gasteiger partial charge in [-0.05, 0) is 69.0 Å². The van der Waals surface area contributed by atoms with Crippen molar-refractivity contribution in [3.63, 3.8) is 0 Å². The zero-order chi connectivity index (χ0) is 17.5. The maximum atomic E-state index is 12.4. The van der Waals surface area contributed by atoms with E-state index in [1.165, 1.54) is 37.1 Å². The van der Waals surface area contributed by atoms with Gasteiger partial charge in [0.05, 0.1) is 0 Å². The van der Waals surface area contributed by atoms with Gasteiger partial charge in [0.1, 0.15) is 0 Å². The number of rotatable bonds is 7. The number of aryl methyl sites for hydroxylation is 1. The SMILES string of the molecule is C[C@@H](CCc1ccccc1)NC(=O)c1ccc(CN2CCCC2)cc1. The van der Waals surface area contributed by atoms with E-state index in [0.29, 0.717) is 0 Å². The summed E-state index contributed by atoms with van der Waals surface area (Å²) >= 11 is 0. The van der Waals surface area contributed by atoms with Crippen molar-refractivity contribution in [2.45, 2.75) is 45.2 Å². The molecule has 25 heavy (non-hydrogen) atoms. The van der Waals surface area contributed by atoms with E-state index in [1.807, 2.05) is 18.2 Å². The topological polar surface area (TPSA) is 32.3 Å². The van der Waals surface area contributed by atoms with Crippen molar-refractivity contribution >= 4 is 5.91 Å². The van der Waals surface area contributed by atoms with Gasteiger partial charge in [-0.2, -0.15) is 0 Å². The summed E-state index contributed by atoms with van der Waals surface area (Å²) in [6.45, 7) is 5.46. The Hall–Kier alpha value is -2.13. The Morgan fingerprint density at radius 3 is 2.36 bits per heavy atom. The number of nitrogens with zero attached hydrogens (tertiary/aromatic N) is 1. The molecule has 2 aromatic carbocycles. The lowest BCUT2D eigenvalue weighted by Crippen LogP contribution is -2.32. The van der Waals surface area contributed by atoms with E-state index >= 15 is 0 Å². The fourth-order valence-corrected chi connectivity index (χ4v) is 3.37. The Morgan fingerprint density at radius 2 is 1.68 bits per heavy atom. The largest absolute Gasteiger partial charge is 0.350 e. The molecule has 1 N–H and O–H groups in total. The Bertz CT molecular complexity index is 660. The van der Waals surface area contributed by atoms with E-state index in [2.05, 4.69) is 53.5 Å². The standard InChI is InChI=1S/C22H28N2O/c1-18(9-10-19-7-3-2-4-8-19)23-22(25)21-13-11-20(12-14-21)17-24-15-5-6-16-24/h2-4,7-8,11-14,18H,5-6,9-10,15-17H2,1H3,(H,23,25)/t18-/m0/s1. The van der Waals surface area contributed by atoms with E-state index in [4.69, 9.17) is 0 Å². The van der Waals surface area contributed by atoms with Gasteiger partial charge in [0.2, 0.25) is 0 Å². The highest BCUT2D eigenvalue weighted by Gasteiger charge is 2.13. The minimum atomic E-state index is 0.0216. The fraction of sp³-hybridized carbons (Fsp3) is 0.409. The summed E-state index contributed by atoms with van der Waals surface area (Å²) in [5, 5.41) is 3.11. The molecule has 0 spiro atoms. The third-order valence-corrected chi connectivity index (χ3v) is 4.91. The molecular formula is C22H28N2O. The molecule has 0 unspecified atom stereocenters. The summed E-state index contributed by atoms with van der Waals surface area (Å²) in [7, 11) is 0. The van der Waals surface area contributed by atoms with Crippen LogP contribution in [0.5, 0.6) is 0 Å². The lowest BCUT2D eigenvalue weighted by molar-refractivity contribution is 0.0938. The molecule has 0 saturated carbocycles. The van der Waals surface area contributed by atoms with Crippen LogP contribution < -0.4 is 5.32 Å². The first-order valence-electron chi connectivity index (χ1n) is 9.37. The summed E-state index contributed by atoms with van der Waals surface area (Å²) in [4.78, 5) is 14.9. The van der Waals surface area contributed by atoms with Crippen LogP contribution in [0, 0.1) is 0 Å². The average molecular weight is 336 g/mol. The van der Waals surface area contributed by atoms with Crippen molar-refractivity contribution in [1.29, 1.82) is 0 Å². The predicted octanol–water partition coefficient (Wildman–Crippen LogP) is 4.03. The second-order valence-corrected chi connectivity index (χ2v) is 7.08. The highest BCUT2D eigenvalue weighted by Crippen LogP contribution is 2.13. The highest BCUT2D eigenvalue weighted by atomic mass is 16.1. The predicted molar refractivity (Wildman–Crippen MR) is 103 cm³/mol. The normalized spacial score (nSPS) is 15.9. The fourth-order valence-electron chi connectivity index (χ4n) is 3.37. The van der Waals surface area contributed by atoms with E-state index in [-0.39, 0.29) is 11.9 Å². The van der Waals surface area contributed by atoms with Crippen molar-refractivity contribution in [3.05, 3.63) is 71.3 Å². The Morgan fingerprint density at radius 1 is 1.00 bits per heavy atom. The maximum Gasteiger partial charge on any atom is 0.251 e. The van der Waals surface area contributed by atoms with E-state index in [9.17, 15) is 4.79 Å². The molecule has 1 fully saturated rings. The van der Waals surface area contributed by atoms with Gasteiger partial charge in [-0.15, -0.1) is 0 Å². The zero-order valence-corrected chi connectivity index (χ0v) is 15.1. The first kappa shape index (κ1) is 17.7. The smallest absolute Gasteiger partial charge is 0.251 e. The van der Waals surface area contributed by atoms with Crippen molar-refractivity contribution in [3.8, 4) is 0 Å². The molecule has 1 amide bonds. The van der Waals surface area contributed by atoms with Crippen LogP contribution in [0.2, 0.25) is 0 Å². The number of nitrogens with one attached hydrogen (secondary N) is 1. The number of hydrogen-bond donors (Lipinski definition) is 1. The number of carbonyl (C=O) groups excluding carboxylic acids is 1. The summed E-state index contributed by atoms with van der Waals surface area (Å²) in [5.41, 5.74) is 3.35. The summed E-state index contributed by atoms with van der Waals surface area (Å²) in [5.74, 6) is 0.0216. The van der Waals surface area contributed by atoms with Gasteiger partial charge in [0.15, 0.2) is 0 Å². The van der Waals surface area contributed by atoms with Crippen LogP contribution in [0.4, 0.5) is 0 Å². The molecule has 0 aromatic heterocycles. The molecule has 1 atom stereocenters. The van der Waals surface area contributed by atoms with Gasteiger partial charge in [0.25, 0.3) is 5.91 Å². The number of likely N-dealkylation sites (tertiary alicyclic amines) is 1. The first-order valence-corrected chi connectivity index (χ1v) is 9.37. The van der Waals surface area contributed by atoms with Gasteiger partial charge in [-0.3, -0.25) is 9.69 Å². The number of amides is 1. The van der Waals surface area contributed by atoms with E-state index < -0.39 is 0 Å². The third-order valence-electron chi connectivity index (χ3n) is 4.91. The molecule has 2 aromatic rings. The Labute approximate surface area is 151 Å². The molecule has 0 radical (unpaired) electrons. The van der Waals surface area contributed by atoms with Crippen LogP contribution in [-0.4, -0.2) is 29.9 Å². The van der Waals surface area contributed by atoms with Crippen LogP contribution in [0.25, 0.3) is 0 Å². The molecule has 1 saturated heterocycles. The third kappa shape index (κ3) is 5.43. The van der Waals surface area contributed by atoms with Crippen LogP contribution in [0.15, 0.2) is 54.6 Å². The second-order valence-electron chi connectivity index (χ2n) is 7.08. The Balaban J connectivity index is 1.46. The maximum absolute atomic E-state index is 12.4. The summed E-state index contributed by atoms with van der Waals surface area (Å²) in [6, 6.07) is 18.6. The number of hydrogen-bond acceptors (Lipinski definition) is 2. The van der Waals surface area contributed by atoms with E-state index in [1.54, 1.807) is 0 Å². The molecule has 132 valence electrons. The van der Waals surface area contributed by atoms with Gasteiger partial charge in [0, 0.05) is 18.2 Å². The van der Waals surface area contributed by atoms with Crippen LogP contribution in [-0.2, 0) is 13.0 Å². The minimum Gasteiger partial charge on any atom is -0.350 e. The lowest BCUT2D eigenvalue weighted by Gasteiger charge is -2.16. The molecular weight excluding hydrogens is 308 g/mol. The highest BCUT2D eigenvalue weighted by molar-refractivity contribution is 5.94. The van der Waals surface area contributed by atoms with Crippen molar-refractivity contribution in [2.24, 2.45) is 0 Å².